The molecule has 0 radical (unpaired) electrons. The molecule has 1 aromatic carbocycles. The van der Waals surface area contributed by atoms with E-state index in [4.69, 9.17) is 10.5 Å². The quantitative estimate of drug-likeness (QED) is 0.775. The lowest BCUT2D eigenvalue weighted by molar-refractivity contribution is 0.122. The minimum Gasteiger partial charge on any atom is -0.378 e. The van der Waals surface area contributed by atoms with E-state index in [0.717, 1.165) is 39.1 Å². The SMILES string of the molecule is N[C@@H]1CCc2cc(N3CCOCC3)ccc21. The standard InChI is InChI=1S/C13H18N2O/c14-13-4-1-10-9-11(2-3-12(10)13)15-5-7-16-8-6-15/h2-3,9,13H,1,4-8,14H2/t13-/m1/s1. The summed E-state index contributed by atoms with van der Waals surface area (Å²) >= 11 is 0. The van der Waals surface area contributed by atoms with E-state index in [-0.39, 0.29) is 6.04 Å². The number of morpholine rings is 1. The first-order valence-corrected chi connectivity index (χ1v) is 6.06. The monoisotopic (exact) mass is 218 g/mol. The zero-order valence-electron chi connectivity index (χ0n) is 9.48. The van der Waals surface area contributed by atoms with Gasteiger partial charge in [0.15, 0.2) is 0 Å². The zero-order chi connectivity index (χ0) is 11.0. The number of nitrogens with two attached hydrogens (primary N) is 1. The fraction of sp³-hybridized carbons (Fsp3) is 0.538. The highest BCUT2D eigenvalue weighted by Gasteiger charge is 2.20. The molecule has 0 spiro atoms. The molecule has 2 aliphatic rings. The zero-order valence-corrected chi connectivity index (χ0v) is 9.48. The van der Waals surface area contributed by atoms with Gasteiger partial charge in [0.2, 0.25) is 0 Å². The van der Waals surface area contributed by atoms with Crippen LogP contribution in [0.1, 0.15) is 23.6 Å². The van der Waals surface area contributed by atoms with E-state index in [1.54, 1.807) is 0 Å². The number of nitrogens with zero attached hydrogens (tertiary/aromatic N) is 1. The summed E-state index contributed by atoms with van der Waals surface area (Å²) in [5.74, 6) is 0. The van der Waals surface area contributed by atoms with E-state index in [9.17, 15) is 0 Å². The van der Waals surface area contributed by atoms with Crippen molar-refractivity contribution in [2.75, 3.05) is 31.2 Å². The molecule has 1 aliphatic carbocycles. The lowest BCUT2D eigenvalue weighted by atomic mass is 10.1. The highest BCUT2D eigenvalue weighted by Crippen LogP contribution is 2.32. The number of aryl methyl sites for hydroxylation is 1. The van der Waals surface area contributed by atoms with Gasteiger partial charge in [-0.15, -0.1) is 0 Å². The molecule has 3 rings (SSSR count). The van der Waals surface area contributed by atoms with Crippen molar-refractivity contribution in [2.24, 2.45) is 5.73 Å². The molecule has 0 amide bonds. The summed E-state index contributed by atoms with van der Waals surface area (Å²) < 4.78 is 5.37. The van der Waals surface area contributed by atoms with Gasteiger partial charge >= 0.3 is 0 Å². The highest BCUT2D eigenvalue weighted by molar-refractivity contribution is 5.53. The summed E-state index contributed by atoms with van der Waals surface area (Å²) in [5, 5.41) is 0. The molecule has 86 valence electrons. The van der Waals surface area contributed by atoms with E-state index >= 15 is 0 Å². The van der Waals surface area contributed by atoms with Crippen molar-refractivity contribution in [3.63, 3.8) is 0 Å². The minimum absolute atomic E-state index is 0.258. The molecule has 0 aromatic heterocycles. The van der Waals surface area contributed by atoms with Crippen molar-refractivity contribution in [3.8, 4) is 0 Å². The first-order valence-electron chi connectivity index (χ1n) is 6.06. The number of hydrogen-bond acceptors (Lipinski definition) is 3. The van der Waals surface area contributed by atoms with Gasteiger partial charge in [-0.1, -0.05) is 6.07 Å². The maximum atomic E-state index is 6.04. The lowest BCUT2D eigenvalue weighted by Crippen LogP contribution is -2.36. The van der Waals surface area contributed by atoms with Gasteiger partial charge in [-0.25, -0.2) is 0 Å². The number of hydrogen-bond donors (Lipinski definition) is 1. The van der Waals surface area contributed by atoms with Crippen LogP contribution < -0.4 is 10.6 Å². The third kappa shape index (κ3) is 1.70. The van der Waals surface area contributed by atoms with Gasteiger partial charge in [0.25, 0.3) is 0 Å². The first-order chi connectivity index (χ1) is 7.84. The second-order valence-corrected chi connectivity index (χ2v) is 4.63. The summed E-state index contributed by atoms with van der Waals surface area (Å²) in [6, 6.07) is 6.98. The Labute approximate surface area is 96.2 Å². The fourth-order valence-electron chi connectivity index (χ4n) is 2.66. The van der Waals surface area contributed by atoms with Gasteiger partial charge in [-0.3, -0.25) is 0 Å². The Morgan fingerprint density at radius 3 is 2.88 bits per heavy atom. The second-order valence-electron chi connectivity index (χ2n) is 4.63. The summed E-state index contributed by atoms with van der Waals surface area (Å²) in [5.41, 5.74) is 10.2. The number of ether oxygens (including phenoxy) is 1. The summed E-state index contributed by atoms with van der Waals surface area (Å²) in [6.07, 6.45) is 2.23. The van der Waals surface area contributed by atoms with Crippen molar-refractivity contribution in [1.29, 1.82) is 0 Å². The molecule has 2 N–H and O–H groups in total. The van der Waals surface area contributed by atoms with Crippen LogP contribution >= 0.6 is 0 Å². The molecule has 0 bridgehead atoms. The number of fused-ring (bicyclic) bond motifs is 1. The number of benzene rings is 1. The second kappa shape index (κ2) is 4.07. The largest absolute Gasteiger partial charge is 0.378 e. The topological polar surface area (TPSA) is 38.5 Å². The fourth-order valence-corrected chi connectivity index (χ4v) is 2.66. The van der Waals surface area contributed by atoms with Gasteiger partial charge in [-0.05, 0) is 36.1 Å². The molecule has 1 saturated heterocycles. The predicted molar refractivity (Wildman–Crippen MR) is 64.7 cm³/mol. The molecule has 1 fully saturated rings. The van der Waals surface area contributed by atoms with Gasteiger partial charge in [0.05, 0.1) is 13.2 Å². The molecule has 1 atom stereocenters. The van der Waals surface area contributed by atoms with Crippen LogP contribution in [0, 0.1) is 0 Å². The van der Waals surface area contributed by atoms with E-state index in [1.807, 2.05) is 0 Å². The van der Waals surface area contributed by atoms with E-state index < -0.39 is 0 Å². The number of anilines is 1. The maximum Gasteiger partial charge on any atom is 0.0642 e. The van der Waals surface area contributed by atoms with E-state index in [2.05, 4.69) is 23.1 Å². The Hall–Kier alpha value is -1.06. The van der Waals surface area contributed by atoms with Gasteiger partial charge < -0.3 is 15.4 Å². The van der Waals surface area contributed by atoms with Crippen molar-refractivity contribution < 1.29 is 4.74 Å². The van der Waals surface area contributed by atoms with Gasteiger partial charge in [-0.2, -0.15) is 0 Å². The van der Waals surface area contributed by atoms with Crippen molar-refractivity contribution in [1.82, 2.24) is 0 Å². The molecule has 16 heavy (non-hydrogen) atoms. The lowest BCUT2D eigenvalue weighted by Gasteiger charge is -2.29. The summed E-state index contributed by atoms with van der Waals surface area (Å²) in [6.45, 7) is 3.70. The Balaban J connectivity index is 1.86. The third-order valence-corrected chi connectivity index (χ3v) is 3.63. The molecular weight excluding hydrogens is 200 g/mol. The van der Waals surface area contributed by atoms with Crippen LogP contribution in [-0.2, 0) is 11.2 Å². The molecule has 1 heterocycles. The minimum atomic E-state index is 0.258. The highest BCUT2D eigenvalue weighted by atomic mass is 16.5. The van der Waals surface area contributed by atoms with E-state index in [1.165, 1.54) is 16.8 Å². The van der Waals surface area contributed by atoms with Gasteiger partial charge in [0.1, 0.15) is 0 Å². The third-order valence-electron chi connectivity index (χ3n) is 3.63. The molecule has 0 unspecified atom stereocenters. The molecular formula is C13H18N2O. The van der Waals surface area contributed by atoms with Crippen LogP contribution in [0.2, 0.25) is 0 Å². The molecule has 1 aromatic rings. The van der Waals surface area contributed by atoms with E-state index in [0.29, 0.717) is 0 Å². The Morgan fingerprint density at radius 1 is 1.25 bits per heavy atom. The van der Waals surface area contributed by atoms with Crippen molar-refractivity contribution in [3.05, 3.63) is 29.3 Å². The van der Waals surface area contributed by atoms with Crippen LogP contribution in [0.3, 0.4) is 0 Å². The normalized spacial score (nSPS) is 24.6. The van der Waals surface area contributed by atoms with Crippen molar-refractivity contribution in [2.45, 2.75) is 18.9 Å². The Kier molecular flexibility index (Phi) is 2.58. The van der Waals surface area contributed by atoms with Gasteiger partial charge in [0, 0.05) is 24.8 Å². The first kappa shape index (κ1) is 10.1. The van der Waals surface area contributed by atoms with Crippen LogP contribution in [0.5, 0.6) is 0 Å². The smallest absolute Gasteiger partial charge is 0.0642 e. The number of rotatable bonds is 1. The Morgan fingerprint density at radius 2 is 2.06 bits per heavy atom. The van der Waals surface area contributed by atoms with Crippen molar-refractivity contribution >= 4 is 5.69 Å². The average molecular weight is 218 g/mol. The Bertz CT molecular complexity index is 386. The molecule has 3 heteroatoms. The molecule has 1 aliphatic heterocycles. The average Bonchev–Trinajstić information content (AvgIpc) is 2.72. The van der Waals surface area contributed by atoms with Crippen LogP contribution in [0.4, 0.5) is 5.69 Å². The summed E-state index contributed by atoms with van der Waals surface area (Å²) in [4.78, 5) is 2.40. The van der Waals surface area contributed by atoms with Crippen LogP contribution in [0.15, 0.2) is 18.2 Å². The maximum absolute atomic E-state index is 6.04. The molecule has 3 nitrogen and oxygen atoms in total. The summed E-state index contributed by atoms with van der Waals surface area (Å²) in [7, 11) is 0. The van der Waals surface area contributed by atoms with Crippen LogP contribution in [0.25, 0.3) is 0 Å². The predicted octanol–water partition coefficient (Wildman–Crippen LogP) is 1.47. The molecule has 0 saturated carbocycles. The van der Waals surface area contributed by atoms with Crippen LogP contribution in [-0.4, -0.2) is 26.3 Å².